The average molecular weight is 255 g/mol. The van der Waals surface area contributed by atoms with Crippen molar-refractivity contribution in [2.24, 2.45) is 0 Å². The lowest BCUT2D eigenvalue weighted by Crippen LogP contribution is -2.15. The first-order valence-electron chi connectivity index (χ1n) is 2.36. The van der Waals surface area contributed by atoms with E-state index in [2.05, 4.69) is 4.98 Å². The van der Waals surface area contributed by atoms with Crippen LogP contribution in [-0.2, 0) is 0 Å². The standard InChI is InChI=1S/C4H3FIN3O/c5-8-3-1-2-9(6)4(10)7-3/h1-2H,(H,7,8,10). The second-order valence-corrected chi connectivity index (χ2v) is 2.54. The highest BCUT2D eigenvalue weighted by atomic mass is 127. The van der Waals surface area contributed by atoms with Gasteiger partial charge in [-0.05, 0) is 0 Å². The van der Waals surface area contributed by atoms with Crippen LogP contribution >= 0.6 is 22.9 Å². The first-order valence-corrected chi connectivity index (χ1v) is 3.33. The van der Waals surface area contributed by atoms with Crippen molar-refractivity contribution in [2.45, 2.75) is 0 Å². The zero-order valence-electron chi connectivity index (χ0n) is 4.71. The van der Waals surface area contributed by atoms with Crippen molar-refractivity contribution in [1.82, 2.24) is 7.76 Å². The first kappa shape index (κ1) is 7.45. The summed E-state index contributed by atoms with van der Waals surface area (Å²) in [6, 6.07) is 1.36. The number of rotatable bonds is 1. The molecule has 0 atom stereocenters. The number of aromatic nitrogens is 2. The molecule has 1 N–H and O–H groups in total. The summed E-state index contributed by atoms with van der Waals surface area (Å²) in [7, 11) is 0. The molecule has 0 unspecified atom stereocenters. The normalized spacial score (nSPS) is 9.40. The topological polar surface area (TPSA) is 46.9 Å². The molecule has 10 heavy (non-hydrogen) atoms. The van der Waals surface area contributed by atoms with Gasteiger partial charge in [0, 0.05) is 12.3 Å². The van der Waals surface area contributed by atoms with Gasteiger partial charge < -0.3 is 0 Å². The molecule has 0 aliphatic heterocycles. The van der Waals surface area contributed by atoms with Crippen molar-refractivity contribution < 1.29 is 4.48 Å². The summed E-state index contributed by atoms with van der Waals surface area (Å²) in [4.78, 5) is 13.9. The molecule has 6 heteroatoms. The molecule has 0 aliphatic rings. The molecule has 1 rings (SSSR count). The van der Waals surface area contributed by atoms with Crippen molar-refractivity contribution in [1.29, 1.82) is 0 Å². The SMILES string of the molecule is O=c1nc(NF)ccn1I. The van der Waals surface area contributed by atoms with Gasteiger partial charge in [0.15, 0.2) is 5.82 Å². The minimum atomic E-state index is -0.497. The fourth-order valence-corrected chi connectivity index (χ4v) is 0.709. The number of nitrogens with one attached hydrogen (secondary N) is 1. The van der Waals surface area contributed by atoms with Gasteiger partial charge in [-0.1, -0.05) is 0 Å². The van der Waals surface area contributed by atoms with Gasteiger partial charge in [0.1, 0.15) is 0 Å². The Morgan fingerprint density at radius 3 is 3.00 bits per heavy atom. The lowest BCUT2D eigenvalue weighted by molar-refractivity contribution is 0.610. The van der Waals surface area contributed by atoms with Gasteiger partial charge in [-0.25, -0.2) is 13.1 Å². The number of nitrogens with zero attached hydrogens (tertiary/aromatic N) is 2. The smallest absolute Gasteiger partial charge is 0.245 e. The Balaban J connectivity index is 3.17. The van der Waals surface area contributed by atoms with Gasteiger partial charge in [0.2, 0.25) is 0 Å². The van der Waals surface area contributed by atoms with Crippen LogP contribution < -0.4 is 11.2 Å². The van der Waals surface area contributed by atoms with Gasteiger partial charge >= 0.3 is 5.69 Å². The summed E-state index contributed by atoms with van der Waals surface area (Å²) in [5, 5.41) is 0. The molecular weight excluding hydrogens is 252 g/mol. The lowest BCUT2D eigenvalue weighted by atomic mass is 10.6. The number of hydrogen-bond acceptors (Lipinski definition) is 3. The Morgan fingerprint density at radius 1 is 1.80 bits per heavy atom. The molecule has 0 radical (unpaired) electrons. The summed E-state index contributed by atoms with van der Waals surface area (Å²) in [6.45, 7) is 0. The highest BCUT2D eigenvalue weighted by Gasteiger charge is 1.94. The van der Waals surface area contributed by atoms with Crippen molar-refractivity contribution in [2.75, 3.05) is 5.54 Å². The van der Waals surface area contributed by atoms with Crippen LogP contribution in [-0.4, -0.2) is 7.76 Å². The fraction of sp³-hybridized carbons (Fsp3) is 0. The maximum absolute atomic E-state index is 11.6. The van der Waals surface area contributed by atoms with Crippen LogP contribution in [0.1, 0.15) is 0 Å². The number of anilines is 1. The average Bonchev–Trinajstić information content (AvgIpc) is 1.95. The molecule has 4 nitrogen and oxygen atoms in total. The molecule has 0 saturated carbocycles. The molecular formula is C4H3FIN3O. The minimum absolute atomic E-state index is 0.0714. The Kier molecular flexibility index (Phi) is 2.20. The summed E-state index contributed by atoms with van der Waals surface area (Å²) in [5.74, 6) is -0.0714. The van der Waals surface area contributed by atoms with Crippen LogP contribution in [0, 0.1) is 0 Å². The van der Waals surface area contributed by atoms with E-state index in [1.807, 2.05) is 0 Å². The molecule has 0 aliphatic carbocycles. The first-order chi connectivity index (χ1) is 4.74. The molecule has 54 valence electrons. The Hall–Kier alpha value is -0.660. The van der Waals surface area contributed by atoms with Gasteiger partial charge in [-0.3, -0.25) is 0 Å². The molecule has 0 fully saturated rings. The number of hydrogen-bond donors (Lipinski definition) is 1. The predicted octanol–water partition coefficient (Wildman–Crippen LogP) is 0.738. The van der Waals surface area contributed by atoms with Gasteiger partial charge in [-0.15, -0.1) is 4.48 Å². The third kappa shape index (κ3) is 1.43. The second kappa shape index (κ2) is 2.95. The van der Waals surface area contributed by atoms with E-state index >= 15 is 0 Å². The molecule has 0 aromatic carbocycles. The van der Waals surface area contributed by atoms with Crippen LogP contribution in [0.2, 0.25) is 0 Å². The second-order valence-electron chi connectivity index (χ2n) is 1.50. The van der Waals surface area contributed by atoms with E-state index in [1.54, 1.807) is 22.9 Å². The maximum atomic E-state index is 11.6. The zero-order valence-corrected chi connectivity index (χ0v) is 6.87. The fourth-order valence-electron chi connectivity index (χ4n) is 0.441. The third-order valence-electron chi connectivity index (χ3n) is 0.859. The van der Waals surface area contributed by atoms with E-state index in [1.165, 1.54) is 20.6 Å². The van der Waals surface area contributed by atoms with Crippen molar-refractivity contribution in [3.8, 4) is 0 Å². The van der Waals surface area contributed by atoms with E-state index in [0.717, 1.165) is 0 Å². The van der Waals surface area contributed by atoms with Crippen molar-refractivity contribution >= 4 is 28.7 Å². The molecule has 0 bridgehead atoms. The summed E-state index contributed by atoms with van der Waals surface area (Å²) in [5.41, 5.74) is 0.770. The van der Waals surface area contributed by atoms with Crippen molar-refractivity contribution in [3.05, 3.63) is 22.7 Å². The molecule has 0 saturated heterocycles. The van der Waals surface area contributed by atoms with E-state index < -0.39 is 5.69 Å². The van der Waals surface area contributed by atoms with Crippen LogP contribution in [0.4, 0.5) is 10.3 Å². The highest BCUT2D eigenvalue weighted by Crippen LogP contribution is 1.97. The Morgan fingerprint density at radius 2 is 2.50 bits per heavy atom. The Bertz CT molecular complexity index is 286. The monoisotopic (exact) mass is 255 g/mol. The van der Waals surface area contributed by atoms with E-state index in [-0.39, 0.29) is 5.82 Å². The van der Waals surface area contributed by atoms with Gasteiger partial charge in [0.05, 0.1) is 22.9 Å². The molecule has 1 heterocycles. The highest BCUT2D eigenvalue weighted by molar-refractivity contribution is 14.1. The van der Waals surface area contributed by atoms with Crippen LogP contribution in [0.5, 0.6) is 0 Å². The van der Waals surface area contributed by atoms with Crippen molar-refractivity contribution in [3.63, 3.8) is 0 Å². The molecule has 1 aromatic heterocycles. The summed E-state index contributed by atoms with van der Waals surface area (Å²) < 4.78 is 12.8. The number of halogens is 2. The largest absolute Gasteiger partial charge is 0.358 e. The van der Waals surface area contributed by atoms with Gasteiger partial charge in [0.25, 0.3) is 0 Å². The zero-order chi connectivity index (χ0) is 7.56. The Labute approximate surface area is 69.5 Å². The molecule has 0 amide bonds. The molecule has 0 spiro atoms. The van der Waals surface area contributed by atoms with E-state index in [9.17, 15) is 9.28 Å². The summed E-state index contributed by atoms with van der Waals surface area (Å²) >= 11 is 1.75. The maximum Gasteiger partial charge on any atom is 0.358 e. The quantitative estimate of drug-likeness (QED) is 0.594. The van der Waals surface area contributed by atoms with Crippen LogP contribution in [0.25, 0.3) is 0 Å². The lowest BCUT2D eigenvalue weighted by Gasteiger charge is -1.93. The molecule has 1 aromatic rings. The van der Waals surface area contributed by atoms with E-state index in [4.69, 9.17) is 0 Å². The minimum Gasteiger partial charge on any atom is -0.245 e. The van der Waals surface area contributed by atoms with Crippen LogP contribution in [0.15, 0.2) is 17.1 Å². The summed E-state index contributed by atoms with van der Waals surface area (Å²) in [6.07, 6.45) is 1.41. The predicted molar refractivity (Wildman–Crippen MR) is 42.6 cm³/mol. The van der Waals surface area contributed by atoms with Crippen LogP contribution in [0.3, 0.4) is 0 Å². The third-order valence-corrected chi connectivity index (χ3v) is 1.59. The van der Waals surface area contributed by atoms with E-state index in [0.29, 0.717) is 0 Å². The van der Waals surface area contributed by atoms with Gasteiger partial charge in [-0.2, -0.15) is 4.98 Å².